The minimum absolute atomic E-state index is 0.256. The molecule has 5 heteroatoms. The number of benzene rings is 2. The van der Waals surface area contributed by atoms with E-state index in [9.17, 15) is 4.39 Å². The Hall–Kier alpha value is -2.14. The van der Waals surface area contributed by atoms with Crippen LogP contribution in [0.2, 0.25) is 0 Å². The van der Waals surface area contributed by atoms with E-state index in [4.69, 9.17) is 4.74 Å². The van der Waals surface area contributed by atoms with Crippen LogP contribution in [0, 0.1) is 5.82 Å². The standard InChI is InChI=1S/C16H12BrFN2O/c1-21-15-4-2-3-12(16(15)17)14-9-13(19-20-14)10-5-7-11(18)8-6-10/h2-9H,1H3,(H,19,20). The number of hydrogen-bond acceptors (Lipinski definition) is 2. The molecular formula is C16H12BrFN2O. The Morgan fingerprint density at radius 2 is 1.90 bits per heavy atom. The fraction of sp³-hybridized carbons (Fsp3) is 0.0625. The van der Waals surface area contributed by atoms with Gasteiger partial charge < -0.3 is 4.74 Å². The Balaban J connectivity index is 2.00. The van der Waals surface area contributed by atoms with Crippen molar-refractivity contribution in [3.63, 3.8) is 0 Å². The second kappa shape index (κ2) is 5.69. The lowest BCUT2D eigenvalue weighted by molar-refractivity contribution is 0.412. The van der Waals surface area contributed by atoms with Crippen LogP contribution in [-0.2, 0) is 0 Å². The Bertz CT molecular complexity index is 768. The molecule has 0 unspecified atom stereocenters. The molecule has 0 bridgehead atoms. The predicted octanol–water partition coefficient (Wildman–Crippen LogP) is 4.65. The molecular weight excluding hydrogens is 335 g/mol. The highest BCUT2D eigenvalue weighted by Gasteiger charge is 2.12. The van der Waals surface area contributed by atoms with Crippen LogP contribution in [-0.4, -0.2) is 17.3 Å². The van der Waals surface area contributed by atoms with Crippen molar-refractivity contribution < 1.29 is 9.13 Å². The Kier molecular flexibility index (Phi) is 3.75. The van der Waals surface area contributed by atoms with Gasteiger partial charge in [-0.25, -0.2) is 4.39 Å². The fourth-order valence-electron chi connectivity index (χ4n) is 2.10. The molecule has 3 rings (SSSR count). The number of aromatic nitrogens is 2. The summed E-state index contributed by atoms with van der Waals surface area (Å²) < 4.78 is 19.1. The number of ether oxygens (including phenoxy) is 1. The minimum atomic E-state index is -0.256. The molecule has 1 N–H and O–H groups in total. The molecule has 1 aromatic heterocycles. The zero-order valence-corrected chi connectivity index (χ0v) is 12.8. The van der Waals surface area contributed by atoms with Crippen LogP contribution in [0.15, 0.2) is 53.0 Å². The van der Waals surface area contributed by atoms with Crippen molar-refractivity contribution in [1.29, 1.82) is 0 Å². The number of hydrogen-bond donors (Lipinski definition) is 1. The second-order valence-corrected chi connectivity index (χ2v) is 5.29. The van der Waals surface area contributed by atoms with Crippen molar-refractivity contribution in [3.8, 4) is 28.3 Å². The summed E-state index contributed by atoms with van der Waals surface area (Å²) >= 11 is 3.52. The Morgan fingerprint density at radius 1 is 1.14 bits per heavy atom. The number of H-pyrrole nitrogens is 1. The van der Waals surface area contributed by atoms with E-state index in [1.807, 2.05) is 24.3 Å². The van der Waals surface area contributed by atoms with Crippen molar-refractivity contribution in [2.24, 2.45) is 0 Å². The third-order valence-electron chi connectivity index (χ3n) is 3.19. The number of halogens is 2. The maximum absolute atomic E-state index is 13.0. The van der Waals surface area contributed by atoms with Gasteiger partial charge in [-0.15, -0.1) is 0 Å². The van der Waals surface area contributed by atoms with Crippen molar-refractivity contribution in [2.75, 3.05) is 7.11 Å². The van der Waals surface area contributed by atoms with Crippen LogP contribution >= 0.6 is 15.9 Å². The number of nitrogens with one attached hydrogen (secondary N) is 1. The van der Waals surface area contributed by atoms with E-state index in [1.54, 1.807) is 19.2 Å². The molecule has 0 fully saturated rings. The molecule has 0 aliphatic rings. The van der Waals surface area contributed by atoms with Gasteiger partial charge in [-0.3, -0.25) is 5.10 Å². The SMILES string of the molecule is COc1cccc(-c2cc(-c3ccc(F)cc3)[nH]n2)c1Br. The lowest BCUT2D eigenvalue weighted by atomic mass is 10.1. The fourth-order valence-corrected chi connectivity index (χ4v) is 2.73. The molecule has 0 aliphatic heterocycles. The first kappa shape index (κ1) is 13.8. The maximum atomic E-state index is 13.0. The van der Waals surface area contributed by atoms with E-state index in [0.717, 1.165) is 32.7 Å². The van der Waals surface area contributed by atoms with E-state index in [2.05, 4.69) is 26.1 Å². The third-order valence-corrected chi connectivity index (χ3v) is 4.01. The Labute approximate surface area is 129 Å². The largest absolute Gasteiger partial charge is 0.496 e. The summed E-state index contributed by atoms with van der Waals surface area (Å²) in [5.74, 6) is 0.493. The van der Waals surface area contributed by atoms with E-state index in [0.29, 0.717) is 0 Å². The van der Waals surface area contributed by atoms with Crippen molar-refractivity contribution >= 4 is 15.9 Å². The summed E-state index contributed by atoms with van der Waals surface area (Å²) in [5.41, 5.74) is 3.44. The molecule has 0 aliphatic carbocycles. The van der Waals surface area contributed by atoms with Gasteiger partial charge in [-0.2, -0.15) is 5.10 Å². The summed E-state index contributed by atoms with van der Waals surface area (Å²) in [6, 6.07) is 13.9. The average Bonchev–Trinajstić information content (AvgIpc) is 2.98. The van der Waals surface area contributed by atoms with E-state index < -0.39 is 0 Å². The number of nitrogens with zero attached hydrogens (tertiary/aromatic N) is 1. The van der Waals surface area contributed by atoms with Crippen LogP contribution in [0.5, 0.6) is 5.75 Å². The van der Waals surface area contributed by atoms with Gasteiger partial charge in [-0.05, 0) is 57.9 Å². The molecule has 0 saturated heterocycles. The van der Waals surface area contributed by atoms with Gasteiger partial charge in [0.15, 0.2) is 0 Å². The molecule has 3 aromatic rings. The second-order valence-electron chi connectivity index (χ2n) is 4.50. The first-order valence-corrected chi connectivity index (χ1v) is 7.12. The van der Waals surface area contributed by atoms with Crippen LogP contribution in [0.25, 0.3) is 22.5 Å². The zero-order chi connectivity index (χ0) is 14.8. The van der Waals surface area contributed by atoms with Gasteiger partial charge in [0.2, 0.25) is 0 Å². The first-order valence-electron chi connectivity index (χ1n) is 6.33. The minimum Gasteiger partial charge on any atom is -0.496 e. The van der Waals surface area contributed by atoms with E-state index >= 15 is 0 Å². The van der Waals surface area contributed by atoms with Crippen LogP contribution in [0.3, 0.4) is 0 Å². The molecule has 0 saturated carbocycles. The summed E-state index contributed by atoms with van der Waals surface area (Å²) in [7, 11) is 1.62. The van der Waals surface area contributed by atoms with Gasteiger partial charge in [0.25, 0.3) is 0 Å². The van der Waals surface area contributed by atoms with Crippen LogP contribution < -0.4 is 4.74 Å². The van der Waals surface area contributed by atoms with Crippen molar-refractivity contribution in [3.05, 3.63) is 58.8 Å². The summed E-state index contributed by atoms with van der Waals surface area (Å²) in [6.07, 6.45) is 0. The molecule has 106 valence electrons. The summed E-state index contributed by atoms with van der Waals surface area (Å²) in [5, 5.41) is 7.29. The summed E-state index contributed by atoms with van der Waals surface area (Å²) in [4.78, 5) is 0. The molecule has 0 atom stereocenters. The smallest absolute Gasteiger partial charge is 0.133 e. The topological polar surface area (TPSA) is 37.9 Å². The number of aromatic amines is 1. The van der Waals surface area contributed by atoms with Crippen LogP contribution in [0.4, 0.5) is 4.39 Å². The van der Waals surface area contributed by atoms with Crippen molar-refractivity contribution in [1.82, 2.24) is 10.2 Å². The van der Waals surface area contributed by atoms with Gasteiger partial charge in [0.05, 0.1) is 23.0 Å². The normalized spacial score (nSPS) is 10.6. The molecule has 0 amide bonds. The number of rotatable bonds is 3. The highest BCUT2D eigenvalue weighted by Crippen LogP contribution is 2.35. The van der Waals surface area contributed by atoms with Crippen LogP contribution in [0.1, 0.15) is 0 Å². The predicted molar refractivity (Wildman–Crippen MR) is 83.7 cm³/mol. The monoisotopic (exact) mass is 346 g/mol. The maximum Gasteiger partial charge on any atom is 0.133 e. The molecule has 0 radical (unpaired) electrons. The van der Waals surface area contributed by atoms with E-state index in [-0.39, 0.29) is 5.82 Å². The van der Waals surface area contributed by atoms with E-state index in [1.165, 1.54) is 12.1 Å². The highest BCUT2D eigenvalue weighted by atomic mass is 79.9. The molecule has 3 nitrogen and oxygen atoms in total. The van der Waals surface area contributed by atoms with Gasteiger partial charge in [0.1, 0.15) is 11.6 Å². The van der Waals surface area contributed by atoms with Gasteiger partial charge in [0, 0.05) is 5.56 Å². The molecule has 2 aromatic carbocycles. The Morgan fingerprint density at radius 3 is 2.62 bits per heavy atom. The molecule has 1 heterocycles. The lowest BCUT2D eigenvalue weighted by Crippen LogP contribution is -1.87. The molecule has 21 heavy (non-hydrogen) atoms. The first-order chi connectivity index (χ1) is 10.2. The highest BCUT2D eigenvalue weighted by molar-refractivity contribution is 9.10. The molecule has 0 spiro atoms. The zero-order valence-electron chi connectivity index (χ0n) is 11.2. The van der Waals surface area contributed by atoms with Crippen molar-refractivity contribution in [2.45, 2.75) is 0 Å². The summed E-state index contributed by atoms with van der Waals surface area (Å²) in [6.45, 7) is 0. The van der Waals surface area contributed by atoms with Gasteiger partial charge in [-0.1, -0.05) is 12.1 Å². The van der Waals surface area contributed by atoms with Gasteiger partial charge >= 0.3 is 0 Å². The quantitative estimate of drug-likeness (QED) is 0.749. The average molecular weight is 347 g/mol. The number of methoxy groups -OCH3 is 1. The third kappa shape index (κ3) is 2.69. The lowest BCUT2D eigenvalue weighted by Gasteiger charge is -2.06.